The molecular formula is C15H21NO3. The lowest BCUT2D eigenvalue weighted by Gasteiger charge is -2.33. The molecule has 0 spiro atoms. The van der Waals surface area contributed by atoms with Crippen LogP contribution in [0.1, 0.15) is 32.6 Å². The highest BCUT2D eigenvalue weighted by Gasteiger charge is 2.51. The molecule has 0 radical (unpaired) electrons. The van der Waals surface area contributed by atoms with Crippen molar-refractivity contribution in [3.05, 3.63) is 12.2 Å². The van der Waals surface area contributed by atoms with Gasteiger partial charge in [0, 0.05) is 6.04 Å². The average Bonchev–Trinajstić information content (AvgIpc) is 2.84. The Hall–Kier alpha value is -1.32. The predicted octanol–water partition coefficient (Wildman–Crippen LogP) is 1.81. The zero-order chi connectivity index (χ0) is 13.6. The van der Waals surface area contributed by atoms with Crippen LogP contribution in [0.15, 0.2) is 12.2 Å². The van der Waals surface area contributed by atoms with Gasteiger partial charge < -0.3 is 10.4 Å². The maximum absolute atomic E-state index is 12.4. The predicted molar refractivity (Wildman–Crippen MR) is 70.3 cm³/mol. The fourth-order valence-corrected chi connectivity index (χ4v) is 3.89. The van der Waals surface area contributed by atoms with Crippen LogP contribution in [0, 0.1) is 29.6 Å². The third kappa shape index (κ3) is 2.07. The van der Waals surface area contributed by atoms with Crippen molar-refractivity contribution in [2.45, 2.75) is 38.6 Å². The van der Waals surface area contributed by atoms with Gasteiger partial charge in [0.2, 0.25) is 5.91 Å². The summed E-state index contributed by atoms with van der Waals surface area (Å²) in [6.45, 7) is 2.04. The third-order valence-electron chi connectivity index (χ3n) is 5.27. The molecule has 2 fully saturated rings. The van der Waals surface area contributed by atoms with Crippen LogP contribution in [0.2, 0.25) is 0 Å². The summed E-state index contributed by atoms with van der Waals surface area (Å²) in [5.74, 6) is -1.01. The van der Waals surface area contributed by atoms with E-state index in [-0.39, 0.29) is 29.7 Å². The van der Waals surface area contributed by atoms with Gasteiger partial charge in [0.05, 0.1) is 11.8 Å². The molecule has 0 aliphatic heterocycles. The van der Waals surface area contributed by atoms with Crippen LogP contribution in [0.5, 0.6) is 0 Å². The number of fused-ring (bicyclic) bond motifs is 2. The van der Waals surface area contributed by atoms with Crippen molar-refractivity contribution in [2.24, 2.45) is 29.6 Å². The van der Waals surface area contributed by atoms with E-state index in [1.165, 1.54) is 19.3 Å². The first-order valence-electron chi connectivity index (χ1n) is 7.29. The first-order chi connectivity index (χ1) is 9.08. The van der Waals surface area contributed by atoms with E-state index in [0.29, 0.717) is 5.92 Å². The largest absolute Gasteiger partial charge is 0.481 e. The maximum atomic E-state index is 12.4. The van der Waals surface area contributed by atoms with Crippen molar-refractivity contribution in [3.8, 4) is 0 Å². The molecule has 2 bridgehead atoms. The smallest absolute Gasteiger partial charge is 0.307 e. The monoisotopic (exact) mass is 263 g/mol. The highest BCUT2D eigenvalue weighted by molar-refractivity contribution is 5.87. The Morgan fingerprint density at radius 2 is 1.84 bits per heavy atom. The first kappa shape index (κ1) is 12.7. The van der Waals surface area contributed by atoms with Crippen LogP contribution in [-0.2, 0) is 9.59 Å². The number of allylic oxidation sites excluding steroid dienone is 2. The zero-order valence-corrected chi connectivity index (χ0v) is 11.2. The Morgan fingerprint density at radius 1 is 1.21 bits per heavy atom. The lowest BCUT2D eigenvalue weighted by atomic mass is 9.79. The molecular weight excluding hydrogens is 242 g/mol. The molecule has 19 heavy (non-hydrogen) atoms. The van der Waals surface area contributed by atoms with Gasteiger partial charge in [-0.1, -0.05) is 18.6 Å². The third-order valence-corrected chi connectivity index (χ3v) is 5.27. The number of nitrogens with one attached hydrogen (secondary N) is 1. The molecule has 0 saturated heterocycles. The summed E-state index contributed by atoms with van der Waals surface area (Å²) in [6, 6.07) is 0.179. The number of amides is 1. The van der Waals surface area contributed by atoms with Crippen molar-refractivity contribution in [3.63, 3.8) is 0 Å². The topological polar surface area (TPSA) is 66.4 Å². The molecule has 3 aliphatic carbocycles. The minimum Gasteiger partial charge on any atom is -0.481 e. The molecule has 104 valence electrons. The van der Waals surface area contributed by atoms with Crippen LogP contribution in [-0.4, -0.2) is 23.0 Å². The van der Waals surface area contributed by atoms with Crippen LogP contribution < -0.4 is 5.32 Å². The number of aliphatic carboxylic acids is 1. The van der Waals surface area contributed by atoms with Crippen LogP contribution in [0.4, 0.5) is 0 Å². The first-order valence-corrected chi connectivity index (χ1v) is 7.29. The molecule has 0 aromatic heterocycles. The lowest BCUT2D eigenvalue weighted by Crippen LogP contribution is -2.47. The second-order valence-corrected chi connectivity index (χ2v) is 6.33. The Morgan fingerprint density at radius 3 is 2.37 bits per heavy atom. The fraction of sp³-hybridized carbons (Fsp3) is 0.733. The SMILES string of the molecule is CC(NC(=O)[C@H]1C2C=CC(C2)[C@H]1C(=O)O)C1CCC1. The van der Waals surface area contributed by atoms with Crippen molar-refractivity contribution in [1.29, 1.82) is 0 Å². The minimum atomic E-state index is -0.826. The summed E-state index contributed by atoms with van der Waals surface area (Å²) in [5.41, 5.74) is 0. The molecule has 0 aromatic rings. The van der Waals surface area contributed by atoms with Gasteiger partial charge in [-0.2, -0.15) is 0 Å². The van der Waals surface area contributed by atoms with Gasteiger partial charge in [0.1, 0.15) is 0 Å². The Bertz CT molecular complexity index is 427. The van der Waals surface area contributed by atoms with E-state index in [2.05, 4.69) is 5.32 Å². The second kappa shape index (κ2) is 4.66. The molecule has 3 unspecified atom stereocenters. The molecule has 3 rings (SSSR count). The fourth-order valence-electron chi connectivity index (χ4n) is 3.89. The molecule has 4 heteroatoms. The van der Waals surface area contributed by atoms with Gasteiger partial charge in [0.15, 0.2) is 0 Å². The van der Waals surface area contributed by atoms with Gasteiger partial charge in [0.25, 0.3) is 0 Å². The molecule has 0 heterocycles. The average molecular weight is 263 g/mol. The molecule has 2 N–H and O–H groups in total. The van der Waals surface area contributed by atoms with Crippen LogP contribution in [0.3, 0.4) is 0 Å². The lowest BCUT2D eigenvalue weighted by molar-refractivity contribution is -0.148. The van der Waals surface area contributed by atoms with E-state index in [1.54, 1.807) is 0 Å². The number of rotatable bonds is 4. The van der Waals surface area contributed by atoms with Crippen molar-refractivity contribution in [2.75, 3.05) is 0 Å². The summed E-state index contributed by atoms with van der Waals surface area (Å²) >= 11 is 0. The van der Waals surface area contributed by atoms with Gasteiger partial charge in [-0.3, -0.25) is 9.59 Å². The quantitative estimate of drug-likeness (QED) is 0.760. The standard InChI is InChI=1S/C15H21NO3/c1-8(9-3-2-4-9)16-14(17)12-10-5-6-11(7-10)13(12)15(18)19/h5-6,8-13H,2-4,7H2,1H3,(H,16,17)(H,18,19)/t8?,10?,11?,12-,13+/m0/s1. The highest BCUT2D eigenvalue weighted by atomic mass is 16.4. The summed E-state index contributed by atoms with van der Waals surface area (Å²) < 4.78 is 0. The molecule has 2 saturated carbocycles. The van der Waals surface area contributed by atoms with Gasteiger partial charge in [-0.15, -0.1) is 0 Å². The van der Waals surface area contributed by atoms with Gasteiger partial charge >= 0.3 is 5.97 Å². The van der Waals surface area contributed by atoms with Crippen molar-refractivity contribution >= 4 is 11.9 Å². The Balaban J connectivity index is 1.68. The summed E-state index contributed by atoms with van der Waals surface area (Å²) in [7, 11) is 0. The summed E-state index contributed by atoms with van der Waals surface area (Å²) in [4.78, 5) is 23.8. The van der Waals surface area contributed by atoms with Crippen LogP contribution in [0.25, 0.3) is 0 Å². The van der Waals surface area contributed by atoms with Gasteiger partial charge in [-0.25, -0.2) is 0 Å². The van der Waals surface area contributed by atoms with E-state index in [9.17, 15) is 14.7 Å². The molecule has 4 nitrogen and oxygen atoms in total. The summed E-state index contributed by atoms with van der Waals surface area (Å²) in [6.07, 6.45) is 8.44. The van der Waals surface area contributed by atoms with E-state index >= 15 is 0 Å². The number of hydrogen-bond acceptors (Lipinski definition) is 2. The van der Waals surface area contributed by atoms with Gasteiger partial charge in [-0.05, 0) is 43.9 Å². The molecule has 3 aliphatic rings. The summed E-state index contributed by atoms with van der Waals surface area (Å²) in [5, 5.41) is 12.4. The minimum absolute atomic E-state index is 0.0522. The second-order valence-electron chi connectivity index (χ2n) is 6.33. The maximum Gasteiger partial charge on any atom is 0.307 e. The Labute approximate surface area is 113 Å². The highest BCUT2D eigenvalue weighted by Crippen LogP contribution is 2.48. The normalized spacial score (nSPS) is 37.9. The Kier molecular flexibility index (Phi) is 3.11. The van der Waals surface area contributed by atoms with E-state index in [4.69, 9.17) is 0 Å². The zero-order valence-electron chi connectivity index (χ0n) is 11.2. The van der Waals surface area contributed by atoms with Crippen LogP contribution >= 0.6 is 0 Å². The number of carbonyl (C=O) groups excluding carboxylic acids is 1. The number of carbonyl (C=O) groups is 2. The van der Waals surface area contributed by atoms with E-state index in [0.717, 1.165) is 6.42 Å². The molecule has 0 aromatic carbocycles. The molecule has 1 amide bonds. The number of carboxylic acid groups (broad SMARTS) is 1. The molecule has 5 atom stereocenters. The number of carboxylic acids is 1. The number of hydrogen-bond donors (Lipinski definition) is 2. The van der Waals surface area contributed by atoms with Crippen molar-refractivity contribution < 1.29 is 14.7 Å². The van der Waals surface area contributed by atoms with E-state index in [1.807, 2.05) is 19.1 Å². The van der Waals surface area contributed by atoms with Crippen molar-refractivity contribution in [1.82, 2.24) is 5.32 Å². The van der Waals surface area contributed by atoms with E-state index < -0.39 is 11.9 Å².